The molecule has 0 saturated heterocycles. The Bertz CT molecular complexity index is 1030. The van der Waals surface area contributed by atoms with E-state index in [9.17, 15) is 23.1 Å². The van der Waals surface area contributed by atoms with E-state index in [1.54, 1.807) is 32.0 Å². The molecule has 0 unspecified atom stereocenters. The van der Waals surface area contributed by atoms with E-state index in [4.69, 9.17) is 0 Å². The number of phenolic OH excluding ortho intramolecular Hbond substituents is 1. The fourth-order valence-corrected chi connectivity index (χ4v) is 2.93. The van der Waals surface area contributed by atoms with Gasteiger partial charge in [0.05, 0.1) is 29.1 Å². The zero-order valence-corrected chi connectivity index (χ0v) is 15.2. The second-order valence-electron chi connectivity index (χ2n) is 6.35. The first-order valence-electron chi connectivity index (χ1n) is 8.47. The van der Waals surface area contributed by atoms with E-state index in [-0.39, 0.29) is 29.5 Å². The molecule has 28 heavy (non-hydrogen) atoms. The summed E-state index contributed by atoms with van der Waals surface area (Å²) in [7, 11) is 0. The van der Waals surface area contributed by atoms with E-state index in [2.05, 4.69) is 10.4 Å². The van der Waals surface area contributed by atoms with Crippen LogP contribution in [0.4, 0.5) is 18.9 Å². The Kier molecular flexibility index (Phi) is 5.13. The molecule has 3 aromatic rings. The number of anilines is 1. The number of aromatic hydroxyl groups is 1. The monoisotopic (exact) mass is 389 g/mol. The molecule has 3 rings (SSSR count). The lowest BCUT2D eigenvalue weighted by molar-refractivity contribution is -0.137. The number of aromatic nitrogens is 2. The summed E-state index contributed by atoms with van der Waals surface area (Å²) in [5.74, 6) is -0.416. The highest BCUT2D eigenvalue weighted by molar-refractivity contribution is 5.93. The molecule has 5 nitrogen and oxygen atoms in total. The van der Waals surface area contributed by atoms with E-state index in [1.165, 1.54) is 22.9 Å². The van der Waals surface area contributed by atoms with E-state index < -0.39 is 11.7 Å². The second kappa shape index (κ2) is 7.38. The highest BCUT2D eigenvalue weighted by atomic mass is 19.4. The lowest BCUT2D eigenvalue weighted by Gasteiger charge is -2.10. The maximum atomic E-state index is 13.0. The molecule has 0 saturated carbocycles. The van der Waals surface area contributed by atoms with Crippen LogP contribution in [0.3, 0.4) is 0 Å². The Labute approximate surface area is 159 Å². The van der Waals surface area contributed by atoms with Gasteiger partial charge >= 0.3 is 6.18 Å². The summed E-state index contributed by atoms with van der Waals surface area (Å²) in [6.45, 7) is 3.39. The normalized spacial score (nSPS) is 11.5. The fraction of sp³-hybridized carbons (Fsp3) is 0.200. The van der Waals surface area contributed by atoms with Crippen LogP contribution in [0, 0.1) is 13.8 Å². The summed E-state index contributed by atoms with van der Waals surface area (Å²) in [5.41, 5.74) is 1.52. The largest absolute Gasteiger partial charge is 0.506 e. The number of carbonyl (C=O) groups excluding carboxylic acids is 1. The third-order valence-corrected chi connectivity index (χ3v) is 4.37. The van der Waals surface area contributed by atoms with Crippen molar-refractivity contribution in [2.75, 3.05) is 5.32 Å². The topological polar surface area (TPSA) is 67.2 Å². The van der Waals surface area contributed by atoms with Crippen LogP contribution in [0.1, 0.15) is 22.5 Å². The molecule has 1 amide bonds. The van der Waals surface area contributed by atoms with Gasteiger partial charge in [-0.1, -0.05) is 18.2 Å². The van der Waals surface area contributed by atoms with Crippen molar-refractivity contribution in [3.8, 4) is 11.4 Å². The van der Waals surface area contributed by atoms with Crippen LogP contribution in [0.25, 0.3) is 5.69 Å². The predicted molar refractivity (Wildman–Crippen MR) is 98.5 cm³/mol. The molecule has 0 bridgehead atoms. The van der Waals surface area contributed by atoms with E-state index in [1.807, 2.05) is 0 Å². The van der Waals surface area contributed by atoms with Crippen molar-refractivity contribution in [2.45, 2.75) is 26.4 Å². The maximum Gasteiger partial charge on any atom is 0.416 e. The number of amides is 1. The van der Waals surface area contributed by atoms with Gasteiger partial charge < -0.3 is 10.4 Å². The first kappa shape index (κ1) is 19.5. The van der Waals surface area contributed by atoms with E-state index in [0.29, 0.717) is 17.0 Å². The number of phenols is 1. The van der Waals surface area contributed by atoms with Gasteiger partial charge in [-0.3, -0.25) is 4.79 Å². The summed E-state index contributed by atoms with van der Waals surface area (Å²) < 4.78 is 40.3. The summed E-state index contributed by atoms with van der Waals surface area (Å²) in [6.07, 6.45) is -4.47. The molecule has 0 aliphatic heterocycles. The molecule has 0 atom stereocenters. The van der Waals surface area contributed by atoms with Gasteiger partial charge in [-0.05, 0) is 44.2 Å². The number of hydrogen-bond donors (Lipinski definition) is 2. The number of rotatable bonds is 4. The molecule has 0 radical (unpaired) electrons. The van der Waals surface area contributed by atoms with Crippen LogP contribution in [-0.2, 0) is 17.4 Å². The van der Waals surface area contributed by atoms with E-state index in [0.717, 1.165) is 12.1 Å². The highest BCUT2D eigenvalue weighted by Gasteiger charge is 2.30. The Balaban J connectivity index is 1.86. The Hall–Kier alpha value is -3.29. The average Bonchev–Trinajstić information content (AvgIpc) is 2.91. The Morgan fingerprint density at radius 1 is 1.14 bits per heavy atom. The van der Waals surface area contributed by atoms with Crippen molar-refractivity contribution in [1.82, 2.24) is 9.78 Å². The first-order valence-corrected chi connectivity index (χ1v) is 8.47. The third kappa shape index (κ3) is 4.00. The number of hydrogen-bond acceptors (Lipinski definition) is 3. The standard InChI is InChI=1S/C20H18F3N3O2/c1-12-16(11-19(28)24-17-8-3-4-9-18(17)27)13(2)26(25-12)15-7-5-6-14(10-15)20(21,22)23/h3-10,27H,11H2,1-2H3,(H,24,28). The SMILES string of the molecule is Cc1nn(-c2cccc(C(F)(F)F)c2)c(C)c1CC(=O)Nc1ccccc1O. The van der Waals surface area contributed by atoms with Crippen molar-refractivity contribution >= 4 is 11.6 Å². The van der Waals surface area contributed by atoms with Gasteiger partial charge in [0.25, 0.3) is 0 Å². The average molecular weight is 389 g/mol. The third-order valence-electron chi connectivity index (χ3n) is 4.37. The van der Waals surface area contributed by atoms with Gasteiger partial charge in [0, 0.05) is 11.3 Å². The van der Waals surface area contributed by atoms with Crippen LogP contribution < -0.4 is 5.32 Å². The summed E-state index contributed by atoms with van der Waals surface area (Å²) in [4.78, 5) is 12.4. The van der Waals surface area contributed by atoms with Gasteiger partial charge in [-0.15, -0.1) is 0 Å². The number of halogens is 3. The van der Waals surface area contributed by atoms with Crippen LogP contribution in [0.2, 0.25) is 0 Å². The minimum atomic E-state index is -4.45. The molecular formula is C20H18F3N3O2. The molecule has 0 aliphatic carbocycles. The number of benzene rings is 2. The number of carbonyl (C=O) groups is 1. The van der Waals surface area contributed by atoms with Crippen LogP contribution in [-0.4, -0.2) is 20.8 Å². The number of aryl methyl sites for hydroxylation is 1. The molecule has 0 spiro atoms. The zero-order valence-electron chi connectivity index (χ0n) is 15.2. The molecule has 1 heterocycles. The van der Waals surface area contributed by atoms with Gasteiger partial charge in [-0.2, -0.15) is 18.3 Å². The minimum absolute atomic E-state index is 0.0229. The molecule has 0 aliphatic rings. The number of para-hydroxylation sites is 2. The van der Waals surface area contributed by atoms with Gasteiger partial charge in [0.1, 0.15) is 5.75 Å². The molecule has 2 aromatic carbocycles. The number of alkyl halides is 3. The molecular weight excluding hydrogens is 371 g/mol. The lowest BCUT2D eigenvalue weighted by atomic mass is 10.1. The number of nitrogens with zero attached hydrogens (tertiary/aromatic N) is 2. The molecule has 146 valence electrons. The summed E-state index contributed by atoms with van der Waals surface area (Å²) >= 11 is 0. The Morgan fingerprint density at radius 2 is 1.86 bits per heavy atom. The van der Waals surface area contributed by atoms with Crippen molar-refractivity contribution in [3.05, 3.63) is 71.0 Å². The van der Waals surface area contributed by atoms with Crippen LogP contribution in [0.15, 0.2) is 48.5 Å². The van der Waals surface area contributed by atoms with Crippen LogP contribution in [0.5, 0.6) is 5.75 Å². The van der Waals surface area contributed by atoms with Crippen molar-refractivity contribution in [1.29, 1.82) is 0 Å². The Morgan fingerprint density at radius 3 is 2.54 bits per heavy atom. The number of nitrogens with one attached hydrogen (secondary N) is 1. The van der Waals surface area contributed by atoms with Crippen molar-refractivity contribution < 1.29 is 23.1 Å². The summed E-state index contributed by atoms with van der Waals surface area (Å²) in [6, 6.07) is 11.2. The molecule has 0 fully saturated rings. The van der Waals surface area contributed by atoms with Gasteiger partial charge in [0.2, 0.25) is 5.91 Å². The summed E-state index contributed by atoms with van der Waals surface area (Å²) in [5, 5.41) is 16.7. The zero-order chi connectivity index (χ0) is 20.5. The second-order valence-corrected chi connectivity index (χ2v) is 6.35. The van der Waals surface area contributed by atoms with Crippen molar-refractivity contribution in [2.24, 2.45) is 0 Å². The van der Waals surface area contributed by atoms with Crippen LogP contribution >= 0.6 is 0 Å². The molecule has 1 aromatic heterocycles. The lowest BCUT2D eigenvalue weighted by Crippen LogP contribution is -2.15. The van der Waals surface area contributed by atoms with Gasteiger partial charge in [0.15, 0.2) is 0 Å². The highest BCUT2D eigenvalue weighted by Crippen LogP contribution is 2.31. The fourth-order valence-electron chi connectivity index (χ4n) is 2.93. The molecule has 2 N–H and O–H groups in total. The van der Waals surface area contributed by atoms with Crippen molar-refractivity contribution in [3.63, 3.8) is 0 Å². The van der Waals surface area contributed by atoms with Gasteiger partial charge in [-0.25, -0.2) is 4.68 Å². The molecule has 8 heteroatoms. The quantitative estimate of drug-likeness (QED) is 0.650. The smallest absolute Gasteiger partial charge is 0.416 e. The van der Waals surface area contributed by atoms with E-state index >= 15 is 0 Å². The predicted octanol–water partition coefficient (Wildman–Crippen LogP) is 4.39. The first-order chi connectivity index (χ1) is 13.2. The minimum Gasteiger partial charge on any atom is -0.506 e. The maximum absolute atomic E-state index is 13.0.